The predicted octanol–water partition coefficient (Wildman–Crippen LogP) is 4.15. The second-order valence-electron chi connectivity index (χ2n) is 8.20. The molecule has 2 saturated heterocycles. The van der Waals surface area contributed by atoms with Crippen LogP contribution >= 0.6 is 15.9 Å². The summed E-state index contributed by atoms with van der Waals surface area (Å²) in [6.07, 6.45) is 5.95. The zero-order chi connectivity index (χ0) is 19.9. The van der Waals surface area contributed by atoms with Crippen molar-refractivity contribution in [2.24, 2.45) is 11.8 Å². The number of rotatable bonds is 7. The fraction of sp³-hybridized carbons (Fsp3) is 0.682. The molecular formula is C22H34BrN3O2. The number of nitrogens with one attached hydrogen (secondary N) is 1. The van der Waals surface area contributed by atoms with Crippen molar-refractivity contribution >= 4 is 22.0 Å². The van der Waals surface area contributed by atoms with Gasteiger partial charge in [-0.3, -0.25) is 0 Å². The number of carbonyl (C=O) groups is 1. The largest absolute Gasteiger partial charge is 0.497 e. The van der Waals surface area contributed by atoms with E-state index < -0.39 is 0 Å². The zero-order valence-electron chi connectivity index (χ0n) is 17.3. The molecule has 2 fully saturated rings. The zero-order valence-corrected chi connectivity index (χ0v) is 18.8. The van der Waals surface area contributed by atoms with Crippen LogP contribution in [0.3, 0.4) is 0 Å². The molecule has 2 amide bonds. The van der Waals surface area contributed by atoms with Crippen LogP contribution in [0.1, 0.15) is 38.2 Å². The van der Waals surface area contributed by atoms with Crippen molar-refractivity contribution in [1.82, 2.24) is 15.1 Å². The number of benzene rings is 1. The Hall–Kier alpha value is -1.27. The van der Waals surface area contributed by atoms with Gasteiger partial charge >= 0.3 is 6.03 Å². The molecule has 2 aliphatic heterocycles. The van der Waals surface area contributed by atoms with E-state index in [1.807, 2.05) is 17.9 Å². The number of urea groups is 1. The Labute approximate surface area is 177 Å². The maximum atomic E-state index is 12.1. The van der Waals surface area contributed by atoms with E-state index in [2.05, 4.69) is 38.3 Å². The minimum atomic E-state index is 0.109. The fourth-order valence-corrected chi connectivity index (χ4v) is 4.95. The predicted molar refractivity (Wildman–Crippen MR) is 117 cm³/mol. The Morgan fingerprint density at radius 1 is 1.25 bits per heavy atom. The Bertz CT molecular complexity index is 655. The van der Waals surface area contributed by atoms with E-state index in [1.165, 1.54) is 42.4 Å². The number of carbonyl (C=O) groups excluding carboxylic acids is 1. The minimum Gasteiger partial charge on any atom is -0.497 e. The van der Waals surface area contributed by atoms with Gasteiger partial charge in [-0.05, 0) is 87.7 Å². The van der Waals surface area contributed by atoms with Gasteiger partial charge in [-0.1, -0.05) is 15.9 Å². The van der Waals surface area contributed by atoms with E-state index in [-0.39, 0.29) is 6.03 Å². The summed E-state index contributed by atoms with van der Waals surface area (Å²) >= 11 is 3.69. The van der Waals surface area contributed by atoms with Gasteiger partial charge < -0.3 is 19.9 Å². The fourth-order valence-electron chi connectivity index (χ4n) is 4.54. The first-order valence-electron chi connectivity index (χ1n) is 10.7. The maximum absolute atomic E-state index is 12.1. The van der Waals surface area contributed by atoms with Crippen LogP contribution in [0.15, 0.2) is 22.7 Å². The Kier molecular flexibility index (Phi) is 8.03. The summed E-state index contributed by atoms with van der Waals surface area (Å²) in [7, 11) is 1.72. The summed E-state index contributed by atoms with van der Waals surface area (Å²) in [5.41, 5.74) is 1.34. The summed E-state index contributed by atoms with van der Waals surface area (Å²) in [6, 6.07) is 6.36. The summed E-state index contributed by atoms with van der Waals surface area (Å²) < 4.78 is 6.56. The third-order valence-corrected chi connectivity index (χ3v) is 6.89. The highest BCUT2D eigenvalue weighted by molar-refractivity contribution is 9.10. The van der Waals surface area contributed by atoms with Crippen molar-refractivity contribution in [2.45, 2.75) is 39.0 Å². The van der Waals surface area contributed by atoms with Crippen LogP contribution in [0.5, 0.6) is 5.75 Å². The van der Waals surface area contributed by atoms with Crippen molar-refractivity contribution in [2.75, 3.05) is 46.4 Å². The maximum Gasteiger partial charge on any atom is 0.317 e. The van der Waals surface area contributed by atoms with Crippen molar-refractivity contribution in [3.8, 4) is 5.75 Å². The molecule has 1 N–H and O–H groups in total. The quantitative estimate of drug-likeness (QED) is 0.676. The van der Waals surface area contributed by atoms with Gasteiger partial charge in [0.05, 0.1) is 7.11 Å². The first-order chi connectivity index (χ1) is 13.6. The van der Waals surface area contributed by atoms with Gasteiger partial charge in [-0.15, -0.1) is 0 Å². The van der Waals surface area contributed by atoms with Gasteiger partial charge in [0.2, 0.25) is 0 Å². The highest BCUT2D eigenvalue weighted by Crippen LogP contribution is 2.29. The lowest BCUT2D eigenvalue weighted by Crippen LogP contribution is -2.45. The van der Waals surface area contributed by atoms with Crippen molar-refractivity contribution < 1.29 is 9.53 Å². The molecule has 3 rings (SSSR count). The summed E-state index contributed by atoms with van der Waals surface area (Å²) in [5, 5.41) is 2.94. The number of halogens is 1. The third-order valence-electron chi connectivity index (χ3n) is 6.12. The summed E-state index contributed by atoms with van der Waals surface area (Å²) in [6.45, 7) is 8.04. The lowest BCUT2D eigenvalue weighted by atomic mass is 9.94. The number of nitrogens with zero attached hydrogens (tertiary/aromatic N) is 2. The number of hydrogen-bond acceptors (Lipinski definition) is 3. The number of ether oxygens (including phenoxy) is 1. The van der Waals surface area contributed by atoms with Crippen LogP contribution in [0.25, 0.3) is 0 Å². The van der Waals surface area contributed by atoms with E-state index in [0.29, 0.717) is 18.4 Å². The molecule has 2 unspecified atom stereocenters. The molecule has 156 valence electrons. The van der Waals surface area contributed by atoms with Crippen LogP contribution in [-0.4, -0.2) is 62.2 Å². The topological polar surface area (TPSA) is 44.8 Å². The minimum absolute atomic E-state index is 0.109. The van der Waals surface area contributed by atoms with Crippen LogP contribution in [0.4, 0.5) is 4.79 Å². The second kappa shape index (κ2) is 10.5. The van der Waals surface area contributed by atoms with Gasteiger partial charge in [-0.25, -0.2) is 4.79 Å². The number of amides is 2. The molecule has 6 heteroatoms. The Morgan fingerprint density at radius 3 is 2.89 bits per heavy atom. The average molecular weight is 452 g/mol. The van der Waals surface area contributed by atoms with E-state index in [4.69, 9.17) is 4.74 Å². The lowest BCUT2D eigenvalue weighted by Gasteiger charge is -2.33. The number of piperidine rings is 1. The van der Waals surface area contributed by atoms with Crippen LogP contribution in [-0.2, 0) is 6.42 Å². The summed E-state index contributed by atoms with van der Waals surface area (Å²) in [5.74, 6) is 2.28. The molecule has 2 atom stereocenters. The SMILES string of the molecule is CCNC(=O)N1CCCC(CCN2CCC(Cc3cc(OC)ccc3Br)C2)C1. The molecule has 28 heavy (non-hydrogen) atoms. The molecule has 2 heterocycles. The van der Waals surface area contributed by atoms with Crippen LogP contribution in [0, 0.1) is 11.8 Å². The molecule has 2 aliphatic rings. The molecule has 0 bridgehead atoms. The molecule has 0 radical (unpaired) electrons. The second-order valence-corrected chi connectivity index (χ2v) is 9.05. The van der Waals surface area contributed by atoms with Crippen molar-refractivity contribution in [1.29, 1.82) is 0 Å². The van der Waals surface area contributed by atoms with Crippen molar-refractivity contribution in [3.05, 3.63) is 28.2 Å². The van der Waals surface area contributed by atoms with Gasteiger partial charge in [0.15, 0.2) is 0 Å². The van der Waals surface area contributed by atoms with Crippen LogP contribution in [0.2, 0.25) is 0 Å². The Balaban J connectivity index is 1.43. The van der Waals surface area contributed by atoms with Gasteiger partial charge in [0.25, 0.3) is 0 Å². The molecule has 1 aromatic rings. The third kappa shape index (κ3) is 5.86. The molecule has 0 aromatic heterocycles. The number of likely N-dealkylation sites (tertiary alicyclic amines) is 2. The molecule has 0 spiro atoms. The summed E-state index contributed by atoms with van der Waals surface area (Å²) in [4.78, 5) is 16.7. The van der Waals surface area contributed by atoms with E-state index in [9.17, 15) is 4.79 Å². The lowest BCUT2D eigenvalue weighted by molar-refractivity contribution is 0.156. The van der Waals surface area contributed by atoms with E-state index >= 15 is 0 Å². The molecule has 1 aromatic carbocycles. The number of hydrogen-bond donors (Lipinski definition) is 1. The smallest absolute Gasteiger partial charge is 0.317 e. The monoisotopic (exact) mass is 451 g/mol. The van der Waals surface area contributed by atoms with Gasteiger partial charge in [0, 0.05) is 30.7 Å². The first kappa shape index (κ1) is 21.4. The van der Waals surface area contributed by atoms with Gasteiger partial charge in [-0.2, -0.15) is 0 Å². The first-order valence-corrected chi connectivity index (χ1v) is 11.5. The molecule has 5 nitrogen and oxygen atoms in total. The molecule has 0 saturated carbocycles. The highest BCUT2D eigenvalue weighted by atomic mass is 79.9. The van der Waals surface area contributed by atoms with E-state index in [1.54, 1.807) is 7.11 Å². The normalized spacial score (nSPS) is 23.0. The Morgan fingerprint density at radius 2 is 2.11 bits per heavy atom. The standard InChI is InChI=1S/C22H34BrN3O2/c1-3-24-22(27)26-10-4-5-17(16-26)8-11-25-12-9-18(15-25)13-19-14-20(28-2)6-7-21(19)23/h6-7,14,17-18H,3-5,8-13,15-16H2,1-2H3,(H,24,27). The average Bonchev–Trinajstić information content (AvgIpc) is 3.16. The van der Waals surface area contributed by atoms with Crippen molar-refractivity contribution in [3.63, 3.8) is 0 Å². The number of methoxy groups -OCH3 is 1. The highest BCUT2D eigenvalue weighted by Gasteiger charge is 2.26. The molecular weight excluding hydrogens is 418 g/mol. The van der Waals surface area contributed by atoms with E-state index in [0.717, 1.165) is 38.2 Å². The molecule has 0 aliphatic carbocycles. The van der Waals surface area contributed by atoms with Gasteiger partial charge in [0.1, 0.15) is 5.75 Å². The van der Waals surface area contributed by atoms with Crippen LogP contribution < -0.4 is 10.1 Å².